The molecule has 3 nitrogen and oxygen atoms in total. The van der Waals surface area contributed by atoms with Crippen molar-refractivity contribution in [2.45, 2.75) is 58.0 Å². The third-order valence-electron chi connectivity index (χ3n) is 6.49. The molecule has 3 heteroatoms. The van der Waals surface area contributed by atoms with Crippen molar-refractivity contribution >= 4 is 5.91 Å². The van der Waals surface area contributed by atoms with E-state index in [9.17, 15) is 4.79 Å². The lowest BCUT2D eigenvalue weighted by molar-refractivity contribution is -0.126. The Morgan fingerprint density at radius 3 is 2.54 bits per heavy atom. The van der Waals surface area contributed by atoms with E-state index in [2.05, 4.69) is 34.5 Å². The number of hydrogen-bond donors (Lipinski definition) is 1. The van der Waals surface area contributed by atoms with Gasteiger partial charge in [0.05, 0.1) is 0 Å². The Morgan fingerprint density at radius 2 is 1.83 bits per heavy atom. The lowest BCUT2D eigenvalue weighted by Gasteiger charge is -2.27. The fourth-order valence-electron chi connectivity index (χ4n) is 5.12. The van der Waals surface area contributed by atoms with Gasteiger partial charge >= 0.3 is 0 Å². The van der Waals surface area contributed by atoms with E-state index in [4.69, 9.17) is 0 Å². The molecule has 3 atom stereocenters. The Hall–Kier alpha value is -1.35. The van der Waals surface area contributed by atoms with Crippen molar-refractivity contribution in [3.8, 4) is 0 Å². The Morgan fingerprint density at radius 1 is 1.04 bits per heavy atom. The molecule has 1 aromatic carbocycles. The highest BCUT2D eigenvalue weighted by Gasteiger charge is 2.42. The van der Waals surface area contributed by atoms with Crippen molar-refractivity contribution in [1.82, 2.24) is 10.2 Å². The zero-order valence-electron chi connectivity index (χ0n) is 14.7. The summed E-state index contributed by atoms with van der Waals surface area (Å²) in [5.41, 5.74) is 2.67. The number of piperidine rings is 1. The maximum Gasteiger partial charge on any atom is 0.223 e. The van der Waals surface area contributed by atoms with Crippen LogP contribution in [-0.2, 0) is 17.9 Å². The zero-order valence-corrected chi connectivity index (χ0v) is 14.7. The van der Waals surface area contributed by atoms with Gasteiger partial charge in [-0.1, -0.05) is 37.1 Å². The molecule has 3 aliphatic rings. The molecule has 2 bridgehead atoms. The molecular formula is C21H30N2O. The number of rotatable bonds is 5. The second-order valence-electron chi connectivity index (χ2n) is 8.10. The van der Waals surface area contributed by atoms with Gasteiger partial charge in [-0.2, -0.15) is 0 Å². The van der Waals surface area contributed by atoms with Gasteiger partial charge < -0.3 is 5.32 Å². The average Bonchev–Trinajstić information content (AvgIpc) is 3.25. The molecule has 1 amide bonds. The predicted molar refractivity (Wildman–Crippen MR) is 96.4 cm³/mol. The summed E-state index contributed by atoms with van der Waals surface area (Å²) in [7, 11) is 0. The van der Waals surface area contributed by atoms with Crippen LogP contribution >= 0.6 is 0 Å². The standard InChI is InChI=1S/C21H30N2O/c24-21(20-13-16-8-9-17(20)12-16)22-14-18-6-2-3-7-19(18)15-23-10-4-1-5-11-23/h2-3,6-7,16-17,20H,1,4-5,8-15H2,(H,22,24). The minimum atomic E-state index is 0.290. The highest BCUT2D eigenvalue weighted by Crippen LogP contribution is 2.48. The average molecular weight is 326 g/mol. The molecular weight excluding hydrogens is 296 g/mol. The van der Waals surface area contributed by atoms with E-state index in [0.717, 1.165) is 18.9 Å². The van der Waals surface area contributed by atoms with Gasteiger partial charge in [-0.15, -0.1) is 0 Å². The van der Waals surface area contributed by atoms with Crippen LogP contribution in [0.1, 0.15) is 56.1 Å². The second kappa shape index (κ2) is 7.26. The summed E-state index contributed by atoms with van der Waals surface area (Å²) in [5.74, 6) is 2.09. The number of fused-ring (bicyclic) bond motifs is 2. The third-order valence-corrected chi connectivity index (χ3v) is 6.49. The topological polar surface area (TPSA) is 32.3 Å². The summed E-state index contributed by atoms with van der Waals surface area (Å²) < 4.78 is 0. The molecule has 1 aromatic rings. The van der Waals surface area contributed by atoms with Crippen LogP contribution < -0.4 is 5.32 Å². The highest BCUT2D eigenvalue weighted by molar-refractivity contribution is 5.79. The molecule has 130 valence electrons. The smallest absolute Gasteiger partial charge is 0.223 e. The molecule has 2 saturated carbocycles. The van der Waals surface area contributed by atoms with Crippen molar-refractivity contribution < 1.29 is 4.79 Å². The SMILES string of the molecule is O=C(NCc1ccccc1CN1CCCCC1)C1CC2CCC1C2. The minimum Gasteiger partial charge on any atom is -0.352 e. The van der Waals surface area contributed by atoms with Crippen molar-refractivity contribution in [2.24, 2.45) is 17.8 Å². The van der Waals surface area contributed by atoms with Crippen molar-refractivity contribution in [1.29, 1.82) is 0 Å². The van der Waals surface area contributed by atoms with Crippen LogP contribution in [0, 0.1) is 17.8 Å². The first-order valence-electron chi connectivity index (χ1n) is 9.86. The van der Waals surface area contributed by atoms with Crippen LogP contribution in [0.15, 0.2) is 24.3 Å². The van der Waals surface area contributed by atoms with Crippen LogP contribution in [0.4, 0.5) is 0 Å². The first kappa shape index (κ1) is 16.1. The minimum absolute atomic E-state index is 0.290. The number of likely N-dealkylation sites (tertiary alicyclic amines) is 1. The molecule has 0 radical (unpaired) electrons. The summed E-state index contributed by atoms with van der Waals surface area (Å²) >= 11 is 0. The Kier molecular flexibility index (Phi) is 4.88. The molecule has 3 fully saturated rings. The lowest BCUT2D eigenvalue weighted by atomic mass is 9.88. The number of nitrogens with zero attached hydrogens (tertiary/aromatic N) is 1. The van der Waals surface area contributed by atoms with E-state index >= 15 is 0 Å². The van der Waals surface area contributed by atoms with Crippen molar-refractivity contribution in [3.63, 3.8) is 0 Å². The zero-order chi connectivity index (χ0) is 16.4. The van der Waals surface area contributed by atoms with Gasteiger partial charge in [0.25, 0.3) is 0 Å². The van der Waals surface area contributed by atoms with Gasteiger partial charge in [-0.3, -0.25) is 9.69 Å². The van der Waals surface area contributed by atoms with Gasteiger partial charge in [0, 0.05) is 19.0 Å². The normalized spacial score (nSPS) is 29.8. The summed E-state index contributed by atoms with van der Waals surface area (Å²) in [6, 6.07) is 8.63. The van der Waals surface area contributed by atoms with E-state index < -0.39 is 0 Å². The molecule has 3 unspecified atom stereocenters. The molecule has 1 heterocycles. The van der Waals surface area contributed by atoms with Crippen LogP contribution in [0.5, 0.6) is 0 Å². The number of carbonyl (C=O) groups is 1. The molecule has 1 aliphatic heterocycles. The van der Waals surface area contributed by atoms with Gasteiger partial charge in [0.15, 0.2) is 0 Å². The van der Waals surface area contributed by atoms with E-state index in [1.807, 2.05) is 0 Å². The summed E-state index contributed by atoms with van der Waals surface area (Å²) in [4.78, 5) is 15.1. The first-order valence-corrected chi connectivity index (χ1v) is 9.86. The van der Waals surface area contributed by atoms with Crippen molar-refractivity contribution in [3.05, 3.63) is 35.4 Å². The summed E-state index contributed by atoms with van der Waals surface area (Å²) in [6.07, 6.45) is 9.07. The molecule has 0 spiro atoms. The quantitative estimate of drug-likeness (QED) is 0.894. The number of hydrogen-bond acceptors (Lipinski definition) is 2. The summed E-state index contributed by atoms with van der Waals surface area (Å²) in [6.45, 7) is 4.15. The second-order valence-corrected chi connectivity index (χ2v) is 8.10. The number of amides is 1. The number of benzene rings is 1. The van der Waals surface area contributed by atoms with E-state index in [-0.39, 0.29) is 5.92 Å². The van der Waals surface area contributed by atoms with E-state index in [1.54, 1.807) is 0 Å². The molecule has 0 aromatic heterocycles. The fourth-order valence-corrected chi connectivity index (χ4v) is 5.12. The molecule has 1 N–H and O–H groups in total. The Bertz CT molecular complexity index is 579. The van der Waals surface area contributed by atoms with Crippen LogP contribution in [-0.4, -0.2) is 23.9 Å². The van der Waals surface area contributed by atoms with E-state index in [0.29, 0.717) is 18.4 Å². The van der Waals surface area contributed by atoms with Gasteiger partial charge in [-0.05, 0) is 68.2 Å². The third kappa shape index (κ3) is 3.51. The molecule has 1 saturated heterocycles. The summed E-state index contributed by atoms with van der Waals surface area (Å²) in [5, 5.41) is 3.25. The van der Waals surface area contributed by atoms with E-state index in [1.165, 1.54) is 62.7 Å². The molecule has 2 aliphatic carbocycles. The van der Waals surface area contributed by atoms with Gasteiger partial charge in [0.2, 0.25) is 5.91 Å². The van der Waals surface area contributed by atoms with Crippen LogP contribution in [0.2, 0.25) is 0 Å². The maximum atomic E-state index is 12.6. The molecule has 24 heavy (non-hydrogen) atoms. The number of nitrogens with one attached hydrogen (secondary N) is 1. The number of carbonyl (C=O) groups excluding carboxylic acids is 1. The van der Waals surface area contributed by atoms with Gasteiger partial charge in [-0.25, -0.2) is 0 Å². The first-order chi connectivity index (χ1) is 11.8. The van der Waals surface area contributed by atoms with Crippen LogP contribution in [0.25, 0.3) is 0 Å². The van der Waals surface area contributed by atoms with Crippen molar-refractivity contribution in [2.75, 3.05) is 13.1 Å². The lowest BCUT2D eigenvalue weighted by Crippen LogP contribution is -2.34. The predicted octanol–water partition coefficient (Wildman–Crippen LogP) is 3.72. The van der Waals surface area contributed by atoms with Crippen LogP contribution in [0.3, 0.4) is 0 Å². The van der Waals surface area contributed by atoms with Gasteiger partial charge in [0.1, 0.15) is 0 Å². The Labute approximate surface area is 145 Å². The Balaban J connectivity index is 1.35. The molecule has 4 rings (SSSR count). The fraction of sp³-hybridized carbons (Fsp3) is 0.667. The maximum absolute atomic E-state index is 12.6. The highest BCUT2D eigenvalue weighted by atomic mass is 16.1. The monoisotopic (exact) mass is 326 g/mol. The largest absolute Gasteiger partial charge is 0.352 e.